The number of piperazine rings is 1. The van der Waals surface area contributed by atoms with Crippen molar-refractivity contribution in [3.63, 3.8) is 0 Å². The van der Waals surface area contributed by atoms with Crippen molar-refractivity contribution < 1.29 is 18.1 Å². The van der Waals surface area contributed by atoms with Crippen LogP contribution in [0.1, 0.15) is 6.92 Å². The second kappa shape index (κ2) is 7.24. The van der Waals surface area contributed by atoms with Crippen LogP contribution in [0.15, 0.2) is 29.2 Å². The zero-order chi connectivity index (χ0) is 17.9. The maximum absolute atomic E-state index is 12.6. The van der Waals surface area contributed by atoms with E-state index < -0.39 is 14.9 Å². The van der Waals surface area contributed by atoms with Gasteiger partial charge in [-0.3, -0.25) is 14.9 Å². The molecule has 0 aromatic heterocycles. The Morgan fingerprint density at radius 2 is 1.96 bits per heavy atom. The highest BCUT2D eigenvalue weighted by Crippen LogP contribution is 2.22. The Morgan fingerprint density at radius 1 is 1.33 bits per heavy atom. The van der Waals surface area contributed by atoms with Crippen molar-refractivity contribution in [2.24, 2.45) is 11.7 Å². The van der Waals surface area contributed by atoms with Gasteiger partial charge in [-0.25, -0.2) is 8.42 Å². The zero-order valence-corrected chi connectivity index (χ0v) is 14.1. The number of nitro groups is 1. The second-order valence-electron chi connectivity index (χ2n) is 5.62. The molecule has 1 fully saturated rings. The maximum Gasteiger partial charge on any atom is 0.270 e. The quantitative estimate of drug-likeness (QED) is 0.585. The van der Waals surface area contributed by atoms with Gasteiger partial charge in [0, 0.05) is 50.8 Å². The molecule has 1 atom stereocenters. The summed E-state index contributed by atoms with van der Waals surface area (Å²) >= 11 is 0. The minimum atomic E-state index is -3.83. The first-order chi connectivity index (χ1) is 11.3. The van der Waals surface area contributed by atoms with E-state index in [0.29, 0.717) is 0 Å². The Morgan fingerprint density at radius 3 is 2.50 bits per heavy atom. The third-order valence-electron chi connectivity index (χ3n) is 3.99. The van der Waals surface area contributed by atoms with Crippen LogP contribution in [0.25, 0.3) is 0 Å². The summed E-state index contributed by atoms with van der Waals surface area (Å²) in [6.45, 7) is 2.82. The molecule has 1 aliphatic heterocycles. The first kappa shape index (κ1) is 18.3. The summed E-state index contributed by atoms with van der Waals surface area (Å²) in [7, 11) is -3.83. The molecule has 1 saturated heterocycles. The first-order valence-corrected chi connectivity index (χ1v) is 8.95. The fourth-order valence-electron chi connectivity index (χ4n) is 2.47. The summed E-state index contributed by atoms with van der Waals surface area (Å²) in [4.78, 5) is 23.7. The van der Waals surface area contributed by atoms with Gasteiger partial charge in [-0.1, -0.05) is 13.0 Å². The molecular formula is C14H20N4O5S. The van der Waals surface area contributed by atoms with Gasteiger partial charge in [0.15, 0.2) is 0 Å². The summed E-state index contributed by atoms with van der Waals surface area (Å²) in [6.07, 6.45) is 0. The van der Waals surface area contributed by atoms with E-state index in [2.05, 4.69) is 0 Å². The lowest BCUT2D eigenvalue weighted by Gasteiger charge is -2.35. The minimum Gasteiger partial charge on any atom is -0.340 e. The lowest BCUT2D eigenvalue weighted by atomic mass is 10.1. The summed E-state index contributed by atoms with van der Waals surface area (Å²) in [5.41, 5.74) is 5.21. The smallest absolute Gasteiger partial charge is 0.270 e. The molecule has 0 saturated carbocycles. The molecule has 1 unspecified atom stereocenters. The molecule has 24 heavy (non-hydrogen) atoms. The molecule has 1 aromatic carbocycles. The number of nitrogens with zero attached hydrogens (tertiary/aromatic N) is 3. The number of carbonyl (C=O) groups is 1. The summed E-state index contributed by atoms with van der Waals surface area (Å²) < 4.78 is 26.5. The predicted octanol–water partition coefficient (Wildman–Crippen LogP) is 0.0225. The molecule has 1 aromatic rings. The van der Waals surface area contributed by atoms with Gasteiger partial charge in [0.2, 0.25) is 15.9 Å². The van der Waals surface area contributed by atoms with Crippen LogP contribution < -0.4 is 5.73 Å². The van der Waals surface area contributed by atoms with Gasteiger partial charge < -0.3 is 10.6 Å². The molecule has 0 spiro atoms. The van der Waals surface area contributed by atoms with Crippen molar-refractivity contribution in [2.75, 3.05) is 32.7 Å². The average molecular weight is 356 g/mol. The summed E-state index contributed by atoms with van der Waals surface area (Å²) in [5.74, 6) is -0.394. The van der Waals surface area contributed by atoms with E-state index in [9.17, 15) is 23.3 Å². The molecule has 0 bridgehead atoms. The van der Waals surface area contributed by atoms with Gasteiger partial charge in [0.25, 0.3) is 5.69 Å². The van der Waals surface area contributed by atoms with Gasteiger partial charge >= 0.3 is 0 Å². The minimum absolute atomic E-state index is 0.0927. The van der Waals surface area contributed by atoms with E-state index >= 15 is 0 Å². The van der Waals surface area contributed by atoms with Crippen molar-refractivity contribution in [1.29, 1.82) is 0 Å². The van der Waals surface area contributed by atoms with Crippen LogP contribution in [0.2, 0.25) is 0 Å². The SMILES string of the molecule is CC(CN)C(=O)N1CCN(S(=O)(=O)c2cccc([N+](=O)[O-])c2)CC1. The molecule has 10 heteroatoms. The lowest BCUT2D eigenvalue weighted by molar-refractivity contribution is -0.385. The van der Waals surface area contributed by atoms with Crippen LogP contribution >= 0.6 is 0 Å². The van der Waals surface area contributed by atoms with Crippen LogP contribution in [-0.4, -0.2) is 61.2 Å². The number of carbonyl (C=O) groups excluding carboxylic acids is 1. The van der Waals surface area contributed by atoms with Crippen LogP contribution in [0.3, 0.4) is 0 Å². The lowest BCUT2D eigenvalue weighted by Crippen LogP contribution is -2.52. The normalized spacial score (nSPS) is 17.5. The van der Waals surface area contributed by atoms with Crippen molar-refractivity contribution in [2.45, 2.75) is 11.8 Å². The summed E-state index contributed by atoms with van der Waals surface area (Å²) in [5, 5.41) is 10.8. The number of hydrogen-bond donors (Lipinski definition) is 1. The van der Waals surface area contributed by atoms with Gasteiger partial charge in [-0.15, -0.1) is 0 Å². The standard InChI is InChI=1S/C14H20N4O5S/c1-11(10-15)14(19)16-5-7-17(8-6-16)24(22,23)13-4-2-3-12(9-13)18(20)21/h2-4,9,11H,5-8,10,15H2,1H3. The third-order valence-corrected chi connectivity index (χ3v) is 5.89. The molecule has 1 amide bonds. The van der Waals surface area contributed by atoms with Crippen LogP contribution in [-0.2, 0) is 14.8 Å². The van der Waals surface area contributed by atoms with Crippen molar-refractivity contribution in [1.82, 2.24) is 9.21 Å². The number of non-ortho nitro benzene ring substituents is 1. The number of nitro benzene ring substituents is 1. The summed E-state index contributed by atoms with van der Waals surface area (Å²) in [6, 6.07) is 4.96. The molecule has 2 rings (SSSR count). The highest BCUT2D eigenvalue weighted by Gasteiger charge is 2.31. The van der Waals surface area contributed by atoms with Crippen molar-refractivity contribution in [3.05, 3.63) is 34.4 Å². The number of benzene rings is 1. The van der Waals surface area contributed by atoms with Crippen molar-refractivity contribution in [3.8, 4) is 0 Å². The third kappa shape index (κ3) is 3.71. The number of hydrogen-bond acceptors (Lipinski definition) is 6. The zero-order valence-electron chi connectivity index (χ0n) is 13.3. The Balaban J connectivity index is 2.12. The molecule has 9 nitrogen and oxygen atoms in total. The highest BCUT2D eigenvalue weighted by atomic mass is 32.2. The van der Waals surface area contributed by atoms with Crippen LogP contribution in [0.5, 0.6) is 0 Å². The van der Waals surface area contributed by atoms with E-state index in [1.165, 1.54) is 22.5 Å². The fourth-order valence-corrected chi connectivity index (χ4v) is 3.93. The average Bonchev–Trinajstić information content (AvgIpc) is 2.60. The molecule has 0 radical (unpaired) electrons. The van der Waals surface area contributed by atoms with Gasteiger partial charge in [-0.05, 0) is 6.07 Å². The Bertz CT molecular complexity index is 728. The van der Waals surface area contributed by atoms with E-state index in [1.807, 2.05) is 0 Å². The number of sulfonamides is 1. The van der Waals surface area contributed by atoms with E-state index in [0.717, 1.165) is 6.07 Å². The fraction of sp³-hybridized carbons (Fsp3) is 0.500. The number of rotatable bonds is 5. The molecule has 0 aliphatic carbocycles. The monoisotopic (exact) mass is 356 g/mol. The molecule has 1 heterocycles. The second-order valence-corrected chi connectivity index (χ2v) is 7.56. The topological polar surface area (TPSA) is 127 Å². The van der Waals surface area contributed by atoms with E-state index in [-0.39, 0.29) is 55.1 Å². The van der Waals surface area contributed by atoms with Gasteiger partial charge in [0.1, 0.15) is 0 Å². The van der Waals surface area contributed by atoms with E-state index in [4.69, 9.17) is 5.73 Å². The van der Waals surface area contributed by atoms with Crippen LogP contribution in [0.4, 0.5) is 5.69 Å². The molecule has 2 N–H and O–H groups in total. The Kier molecular flexibility index (Phi) is 5.52. The van der Waals surface area contributed by atoms with Crippen molar-refractivity contribution >= 4 is 21.6 Å². The Hall–Kier alpha value is -2.04. The molecular weight excluding hydrogens is 336 g/mol. The van der Waals surface area contributed by atoms with Gasteiger partial charge in [0.05, 0.1) is 9.82 Å². The van der Waals surface area contributed by atoms with E-state index in [1.54, 1.807) is 11.8 Å². The first-order valence-electron chi connectivity index (χ1n) is 7.51. The van der Waals surface area contributed by atoms with Crippen LogP contribution in [0, 0.1) is 16.0 Å². The maximum atomic E-state index is 12.6. The van der Waals surface area contributed by atoms with Gasteiger partial charge in [-0.2, -0.15) is 4.31 Å². The Labute approximate surface area is 140 Å². The number of nitrogens with two attached hydrogens (primary N) is 1. The number of amides is 1. The largest absolute Gasteiger partial charge is 0.340 e. The highest BCUT2D eigenvalue weighted by molar-refractivity contribution is 7.89. The molecule has 1 aliphatic rings. The predicted molar refractivity (Wildman–Crippen MR) is 86.7 cm³/mol. The molecule has 132 valence electrons.